The highest BCUT2D eigenvalue weighted by Gasteiger charge is 2.21. The number of rotatable bonds is 9. The van der Waals surface area contributed by atoms with Gasteiger partial charge in [0.05, 0.1) is 0 Å². The van der Waals surface area contributed by atoms with E-state index < -0.39 is 0 Å². The van der Waals surface area contributed by atoms with E-state index in [2.05, 4.69) is 128 Å². The third-order valence-electron chi connectivity index (χ3n) is 9.99. The van der Waals surface area contributed by atoms with E-state index in [0.29, 0.717) is 17.5 Å². The Morgan fingerprint density at radius 3 is 1.53 bits per heavy atom. The number of unbranched alkanes of at least 4 members (excludes halogenated alkanes) is 1. The van der Waals surface area contributed by atoms with Gasteiger partial charge >= 0.3 is 0 Å². The van der Waals surface area contributed by atoms with Crippen molar-refractivity contribution < 1.29 is 4.42 Å². The molecule has 0 radical (unpaired) electrons. The lowest BCUT2D eigenvalue weighted by Gasteiger charge is -2.11. The second kappa shape index (κ2) is 14.2. The van der Waals surface area contributed by atoms with Crippen LogP contribution in [0, 0.1) is 0 Å². The minimum Gasteiger partial charge on any atom is -0.455 e. The highest BCUT2D eigenvalue weighted by Crippen LogP contribution is 2.42. The molecule has 7 aromatic carbocycles. The van der Waals surface area contributed by atoms with Gasteiger partial charge in [0.2, 0.25) is 0 Å². The number of fused-ring (bicyclic) bond motifs is 3. The third kappa shape index (κ3) is 6.41. The van der Waals surface area contributed by atoms with Crippen LogP contribution < -0.4 is 0 Å². The standard InChI is InChI=1S/C49H37N3O/c1-2-3-12-33-19-21-35(22-20-33)37-25-29-40(30-26-37)48-50-47(39-15-8-5-9-16-39)51-49(52-48)43-32-31-41(46-45(43)42-17-10-11-18-44(42)53-46)38-27-23-36(24-28-38)34-13-6-4-7-14-34/h4-11,13-32H,2-3,12H2,1H3. The summed E-state index contributed by atoms with van der Waals surface area (Å²) in [5, 5.41) is 2.01. The van der Waals surface area contributed by atoms with Gasteiger partial charge in [-0.1, -0.05) is 165 Å². The van der Waals surface area contributed by atoms with Crippen molar-refractivity contribution in [1.29, 1.82) is 0 Å². The fourth-order valence-corrected chi connectivity index (χ4v) is 7.11. The van der Waals surface area contributed by atoms with Crippen LogP contribution in [0.4, 0.5) is 0 Å². The zero-order valence-electron chi connectivity index (χ0n) is 29.5. The second-order valence-electron chi connectivity index (χ2n) is 13.5. The Hall–Kier alpha value is -6.65. The highest BCUT2D eigenvalue weighted by molar-refractivity contribution is 6.15. The van der Waals surface area contributed by atoms with Crippen LogP contribution in [-0.4, -0.2) is 15.0 Å². The Balaban J connectivity index is 1.16. The Morgan fingerprint density at radius 2 is 0.887 bits per heavy atom. The molecule has 0 N–H and O–H groups in total. The lowest BCUT2D eigenvalue weighted by Crippen LogP contribution is -2.00. The molecule has 4 heteroatoms. The number of hydrogen-bond acceptors (Lipinski definition) is 4. The summed E-state index contributed by atoms with van der Waals surface area (Å²) >= 11 is 0. The van der Waals surface area contributed by atoms with Crippen LogP contribution >= 0.6 is 0 Å². The molecule has 2 aromatic heterocycles. The van der Waals surface area contributed by atoms with Crippen LogP contribution in [-0.2, 0) is 6.42 Å². The van der Waals surface area contributed by atoms with E-state index in [-0.39, 0.29) is 0 Å². The molecule has 0 spiro atoms. The van der Waals surface area contributed by atoms with Gasteiger partial charge in [-0.15, -0.1) is 0 Å². The third-order valence-corrected chi connectivity index (χ3v) is 9.99. The average molecular weight is 684 g/mol. The maximum Gasteiger partial charge on any atom is 0.164 e. The summed E-state index contributed by atoms with van der Waals surface area (Å²) in [6.45, 7) is 2.23. The van der Waals surface area contributed by atoms with Gasteiger partial charge in [0.25, 0.3) is 0 Å². The first-order chi connectivity index (χ1) is 26.2. The Kier molecular flexibility index (Phi) is 8.63. The minimum absolute atomic E-state index is 0.600. The molecule has 0 aliphatic rings. The van der Waals surface area contributed by atoms with Gasteiger partial charge in [-0.2, -0.15) is 0 Å². The number of aromatic nitrogens is 3. The molecular weight excluding hydrogens is 647 g/mol. The van der Waals surface area contributed by atoms with Crippen LogP contribution in [0.15, 0.2) is 174 Å². The van der Waals surface area contributed by atoms with E-state index in [1.165, 1.54) is 35.1 Å². The van der Waals surface area contributed by atoms with Crippen LogP contribution in [0.2, 0.25) is 0 Å². The number of hydrogen-bond donors (Lipinski definition) is 0. The Bertz CT molecular complexity index is 2660. The van der Waals surface area contributed by atoms with Crippen molar-refractivity contribution in [2.75, 3.05) is 0 Å². The van der Waals surface area contributed by atoms with Crippen LogP contribution in [0.5, 0.6) is 0 Å². The fourth-order valence-electron chi connectivity index (χ4n) is 7.11. The molecule has 0 aliphatic heterocycles. The molecule has 254 valence electrons. The van der Waals surface area contributed by atoms with Crippen LogP contribution in [0.1, 0.15) is 25.3 Å². The van der Waals surface area contributed by atoms with E-state index in [1.807, 2.05) is 48.5 Å². The fraction of sp³-hybridized carbons (Fsp3) is 0.0816. The van der Waals surface area contributed by atoms with Gasteiger partial charge in [0.1, 0.15) is 11.2 Å². The smallest absolute Gasteiger partial charge is 0.164 e. The molecule has 0 aliphatic carbocycles. The van der Waals surface area contributed by atoms with E-state index in [4.69, 9.17) is 19.4 Å². The molecule has 9 rings (SSSR count). The number of aryl methyl sites for hydroxylation is 1. The first-order valence-corrected chi connectivity index (χ1v) is 18.3. The molecule has 9 aromatic rings. The number of benzene rings is 7. The van der Waals surface area contributed by atoms with Gasteiger partial charge in [0.15, 0.2) is 17.5 Å². The molecule has 0 atom stereocenters. The predicted octanol–water partition coefficient (Wildman–Crippen LogP) is 13.1. The molecule has 0 bridgehead atoms. The lowest BCUT2D eigenvalue weighted by molar-refractivity contribution is 0.670. The quantitative estimate of drug-likeness (QED) is 0.152. The first kappa shape index (κ1) is 32.3. The Labute approximate surface area is 309 Å². The monoisotopic (exact) mass is 683 g/mol. The number of furan rings is 1. The zero-order chi connectivity index (χ0) is 35.6. The van der Waals surface area contributed by atoms with E-state index >= 15 is 0 Å². The summed E-state index contributed by atoms with van der Waals surface area (Å²) in [4.78, 5) is 15.3. The summed E-state index contributed by atoms with van der Waals surface area (Å²) in [5.74, 6) is 1.85. The molecule has 0 amide bonds. The Morgan fingerprint density at radius 1 is 0.415 bits per heavy atom. The van der Waals surface area contributed by atoms with Crippen molar-refractivity contribution in [2.24, 2.45) is 0 Å². The summed E-state index contributed by atoms with van der Waals surface area (Å²) in [6, 6.07) is 59.2. The molecule has 0 unspecified atom stereocenters. The van der Waals surface area contributed by atoms with E-state index in [1.54, 1.807) is 0 Å². The topological polar surface area (TPSA) is 51.8 Å². The molecule has 4 nitrogen and oxygen atoms in total. The van der Waals surface area contributed by atoms with Crippen molar-refractivity contribution >= 4 is 21.9 Å². The van der Waals surface area contributed by atoms with Crippen LogP contribution in [0.3, 0.4) is 0 Å². The minimum atomic E-state index is 0.600. The number of nitrogens with zero attached hydrogens (tertiary/aromatic N) is 3. The summed E-state index contributed by atoms with van der Waals surface area (Å²) in [5.41, 5.74) is 12.6. The van der Waals surface area contributed by atoms with Crippen molar-refractivity contribution in [3.05, 3.63) is 175 Å². The maximum absolute atomic E-state index is 6.66. The molecule has 2 heterocycles. The van der Waals surface area contributed by atoms with Crippen molar-refractivity contribution in [3.8, 4) is 67.5 Å². The van der Waals surface area contributed by atoms with Crippen molar-refractivity contribution in [1.82, 2.24) is 15.0 Å². The SMILES string of the molecule is CCCCc1ccc(-c2ccc(-c3nc(-c4ccccc4)nc(-c4ccc(-c5ccc(-c6ccccc6)cc5)c5oc6ccccc6c45)n3)cc2)cc1. The maximum atomic E-state index is 6.66. The normalized spacial score (nSPS) is 11.3. The van der Waals surface area contributed by atoms with E-state index in [0.717, 1.165) is 61.7 Å². The van der Waals surface area contributed by atoms with Crippen LogP contribution in [0.25, 0.3) is 89.5 Å². The molecule has 0 fully saturated rings. The van der Waals surface area contributed by atoms with Gasteiger partial charge in [-0.3, -0.25) is 0 Å². The summed E-state index contributed by atoms with van der Waals surface area (Å²) < 4.78 is 6.66. The van der Waals surface area contributed by atoms with Crippen molar-refractivity contribution in [2.45, 2.75) is 26.2 Å². The zero-order valence-corrected chi connectivity index (χ0v) is 29.5. The summed E-state index contributed by atoms with van der Waals surface area (Å²) in [7, 11) is 0. The van der Waals surface area contributed by atoms with Gasteiger partial charge in [0, 0.05) is 33.0 Å². The largest absolute Gasteiger partial charge is 0.455 e. The average Bonchev–Trinajstić information content (AvgIpc) is 3.63. The molecule has 0 saturated heterocycles. The first-order valence-electron chi connectivity index (χ1n) is 18.3. The summed E-state index contributed by atoms with van der Waals surface area (Å²) in [6.07, 6.45) is 3.53. The predicted molar refractivity (Wildman–Crippen MR) is 218 cm³/mol. The molecule has 53 heavy (non-hydrogen) atoms. The van der Waals surface area contributed by atoms with Crippen molar-refractivity contribution in [3.63, 3.8) is 0 Å². The highest BCUT2D eigenvalue weighted by atomic mass is 16.3. The van der Waals surface area contributed by atoms with Gasteiger partial charge in [-0.25, -0.2) is 15.0 Å². The molecular formula is C49H37N3O. The van der Waals surface area contributed by atoms with Gasteiger partial charge in [-0.05, 0) is 64.4 Å². The second-order valence-corrected chi connectivity index (χ2v) is 13.5. The molecule has 0 saturated carbocycles. The van der Waals surface area contributed by atoms with Gasteiger partial charge < -0.3 is 4.42 Å². The number of para-hydroxylation sites is 1. The lowest BCUT2D eigenvalue weighted by atomic mass is 9.96. The van der Waals surface area contributed by atoms with E-state index in [9.17, 15) is 0 Å².